The minimum Gasteiger partial charge on any atom is -0.393 e. The summed E-state index contributed by atoms with van der Waals surface area (Å²) in [6.45, 7) is 4.30. The van der Waals surface area contributed by atoms with E-state index in [2.05, 4.69) is 15.2 Å². The molecule has 2 N–H and O–H groups in total. The molecule has 6 rings (SSSR count). The Hall–Kier alpha value is -2.69. The quantitative estimate of drug-likeness (QED) is 0.331. The molecule has 1 aromatic carbocycles. The number of nitrogens with zero attached hydrogens (tertiary/aromatic N) is 5. The van der Waals surface area contributed by atoms with E-state index in [4.69, 9.17) is 14.7 Å². The molecular formula is C31H42F2N6O2. The van der Waals surface area contributed by atoms with Crippen LogP contribution in [0.1, 0.15) is 82.5 Å². The summed E-state index contributed by atoms with van der Waals surface area (Å²) in [6, 6.07) is 3.53. The number of nitrogens with one attached hydrogen (secondary N) is 1. The molecule has 1 saturated heterocycles. The molecule has 3 fully saturated rings. The molecule has 0 unspecified atom stereocenters. The highest BCUT2D eigenvalue weighted by atomic mass is 19.1. The first-order valence-corrected chi connectivity index (χ1v) is 15.5. The number of fused-ring (bicyclic) bond motifs is 1. The van der Waals surface area contributed by atoms with Crippen molar-refractivity contribution in [2.45, 2.75) is 95.3 Å². The van der Waals surface area contributed by atoms with Crippen molar-refractivity contribution in [1.82, 2.24) is 24.4 Å². The Labute approximate surface area is 240 Å². The average molecular weight is 569 g/mol. The second-order valence-electron chi connectivity index (χ2n) is 12.1. The highest BCUT2D eigenvalue weighted by Crippen LogP contribution is 2.35. The van der Waals surface area contributed by atoms with Gasteiger partial charge in [0.05, 0.1) is 30.7 Å². The van der Waals surface area contributed by atoms with E-state index in [1.807, 2.05) is 4.57 Å². The van der Waals surface area contributed by atoms with E-state index in [0.29, 0.717) is 36.3 Å². The monoisotopic (exact) mass is 568 g/mol. The Morgan fingerprint density at radius 2 is 1.73 bits per heavy atom. The Balaban J connectivity index is 1.13. The van der Waals surface area contributed by atoms with Gasteiger partial charge in [-0.15, -0.1) is 0 Å². The number of aromatic nitrogens is 4. The SMILES string of the molecule is OC1CCC(n2c(Nc3ccc(F)cc3F)nc3cnc(CC4CCC(OCCN5CCCCC5)CC4)nc32)CC1. The number of anilines is 2. The summed E-state index contributed by atoms with van der Waals surface area (Å²) in [6.07, 6.45) is 13.9. The van der Waals surface area contributed by atoms with Crippen LogP contribution in [-0.4, -0.2) is 68.0 Å². The van der Waals surface area contributed by atoms with E-state index < -0.39 is 11.6 Å². The predicted octanol–water partition coefficient (Wildman–Crippen LogP) is 5.93. The summed E-state index contributed by atoms with van der Waals surface area (Å²) < 4.78 is 36.3. The molecule has 3 heterocycles. The third-order valence-electron chi connectivity index (χ3n) is 9.17. The third-order valence-corrected chi connectivity index (χ3v) is 9.17. The molecule has 3 aliphatic rings. The smallest absolute Gasteiger partial charge is 0.210 e. The summed E-state index contributed by atoms with van der Waals surface area (Å²) in [4.78, 5) is 16.9. The lowest BCUT2D eigenvalue weighted by molar-refractivity contribution is 0.00529. The van der Waals surface area contributed by atoms with Gasteiger partial charge in [0.1, 0.15) is 23.0 Å². The van der Waals surface area contributed by atoms with Crippen LogP contribution in [0, 0.1) is 17.6 Å². The van der Waals surface area contributed by atoms with Gasteiger partial charge in [-0.05, 0) is 95.3 Å². The second-order valence-corrected chi connectivity index (χ2v) is 12.1. The molecule has 41 heavy (non-hydrogen) atoms. The summed E-state index contributed by atoms with van der Waals surface area (Å²) in [5.74, 6) is 0.461. The normalized spacial score (nSPS) is 25.9. The maximum absolute atomic E-state index is 14.5. The lowest BCUT2D eigenvalue weighted by Gasteiger charge is -2.30. The van der Waals surface area contributed by atoms with E-state index >= 15 is 0 Å². The Bertz CT molecular complexity index is 1300. The van der Waals surface area contributed by atoms with E-state index in [1.54, 1.807) is 6.20 Å². The molecule has 0 spiro atoms. The maximum Gasteiger partial charge on any atom is 0.210 e. The first kappa shape index (κ1) is 28.4. The molecule has 2 aliphatic carbocycles. The van der Waals surface area contributed by atoms with E-state index in [0.717, 1.165) is 75.6 Å². The number of benzene rings is 1. The van der Waals surface area contributed by atoms with Crippen molar-refractivity contribution in [2.75, 3.05) is 31.6 Å². The zero-order chi connectivity index (χ0) is 28.2. The third kappa shape index (κ3) is 7.04. The Kier molecular flexibility index (Phi) is 9.07. The lowest BCUT2D eigenvalue weighted by atomic mass is 9.85. The van der Waals surface area contributed by atoms with Crippen molar-refractivity contribution in [3.8, 4) is 0 Å². The van der Waals surface area contributed by atoms with Crippen molar-refractivity contribution in [3.05, 3.63) is 41.9 Å². The fourth-order valence-corrected chi connectivity index (χ4v) is 6.78. The van der Waals surface area contributed by atoms with Crippen LogP contribution in [0.25, 0.3) is 11.2 Å². The van der Waals surface area contributed by atoms with Crippen molar-refractivity contribution in [1.29, 1.82) is 0 Å². The lowest BCUT2D eigenvalue weighted by Crippen LogP contribution is -2.34. The number of hydrogen-bond donors (Lipinski definition) is 2. The molecule has 0 atom stereocenters. The highest BCUT2D eigenvalue weighted by molar-refractivity contribution is 5.75. The predicted molar refractivity (Wildman–Crippen MR) is 154 cm³/mol. The van der Waals surface area contributed by atoms with Gasteiger partial charge in [0, 0.05) is 25.1 Å². The Morgan fingerprint density at radius 1 is 0.951 bits per heavy atom. The zero-order valence-electron chi connectivity index (χ0n) is 23.8. The minimum atomic E-state index is -0.680. The van der Waals surface area contributed by atoms with Crippen LogP contribution in [0.4, 0.5) is 20.4 Å². The molecule has 8 nitrogen and oxygen atoms in total. The largest absolute Gasteiger partial charge is 0.393 e. The van der Waals surface area contributed by atoms with Crippen LogP contribution in [0.3, 0.4) is 0 Å². The van der Waals surface area contributed by atoms with E-state index in [9.17, 15) is 13.9 Å². The number of likely N-dealkylation sites (tertiary alicyclic amines) is 1. The van der Waals surface area contributed by atoms with Crippen molar-refractivity contribution in [3.63, 3.8) is 0 Å². The van der Waals surface area contributed by atoms with Crippen molar-refractivity contribution in [2.24, 2.45) is 5.92 Å². The molecule has 222 valence electrons. The fraction of sp³-hybridized carbons (Fsp3) is 0.645. The number of ether oxygens (including phenoxy) is 1. The molecule has 1 aliphatic heterocycles. The van der Waals surface area contributed by atoms with Crippen LogP contribution in [0.2, 0.25) is 0 Å². The Morgan fingerprint density at radius 3 is 2.49 bits per heavy atom. The molecular weight excluding hydrogens is 526 g/mol. The van der Waals surface area contributed by atoms with Crippen molar-refractivity contribution >= 4 is 22.8 Å². The molecule has 3 aromatic rings. The molecule has 10 heteroatoms. The number of aliphatic hydroxyl groups excluding tert-OH is 1. The summed E-state index contributed by atoms with van der Waals surface area (Å²) in [5, 5.41) is 13.2. The van der Waals surface area contributed by atoms with Crippen molar-refractivity contribution < 1.29 is 18.6 Å². The van der Waals surface area contributed by atoms with Crippen LogP contribution in [0.15, 0.2) is 24.4 Å². The number of hydrogen-bond acceptors (Lipinski definition) is 7. The molecule has 2 aromatic heterocycles. The summed E-state index contributed by atoms with van der Waals surface area (Å²) in [7, 11) is 0. The van der Waals surface area contributed by atoms with Gasteiger partial charge in [-0.25, -0.2) is 23.7 Å². The molecule has 2 saturated carbocycles. The number of piperidine rings is 1. The van der Waals surface area contributed by atoms with Crippen LogP contribution in [-0.2, 0) is 11.2 Å². The first-order chi connectivity index (χ1) is 20.0. The topological polar surface area (TPSA) is 88.3 Å². The summed E-state index contributed by atoms with van der Waals surface area (Å²) >= 11 is 0. The molecule has 0 amide bonds. The number of imidazole rings is 1. The number of halogens is 2. The number of aliphatic hydroxyl groups is 1. The molecule has 0 bridgehead atoms. The first-order valence-electron chi connectivity index (χ1n) is 15.5. The van der Waals surface area contributed by atoms with Gasteiger partial charge in [0.15, 0.2) is 5.65 Å². The van der Waals surface area contributed by atoms with Gasteiger partial charge < -0.3 is 20.1 Å². The zero-order valence-corrected chi connectivity index (χ0v) is 23.8. The van der Waals surface area contributed by atoms with E-state index in [-0.39, 0.29) is 17.8 Å². The van der Waals surface area contributed by atoms with Gasteiger partial charge in [-0.1, -0.05) is 6.42 Å². The van der Waals surface area contributed by atoms with Crippen LogP contribution >= 0.6 is 0 Å². The average Bonchev–Trinajstić information content (AvgIpc) is 3.33. The van der Waals surface area contributed by atoms with Crippen LogP contribution in [0.5, 0.6) is 0 Å². The number of rotatable bonds is 9. The molecule has 0 radical (unpaired) electrons. The minimum absolute atomic E-state index is 0.0645. The van der Waals surface area contributed by atoms with E-state index in [1.165, 1.54) is 44.5 Å². The van der Waals surface area contributed by atoms with Gasteiger partial charge in [0.25, 0.3) is 0 Å². The maximum atomic E-state index is 14.5. The van der Waals surface area contributed by atoms with Crippen LogP contribution < -0.4 is 5.32 Å². The highest BCUT2D eigenvalue weighted by Gasteiger charge is 2.28. The van der Waals surface area contributed by atoms with Gasteiger partial charge in [-0.2, -0.15) is 0 Å². The standard InChI is InChI=1S/C31H42F2N6O2/c32-22-6-13-27(26(33)19-22)35-31-36-28-20-34-29(37-30(28)39(31)23-7-9-24(40)10-8-23)18-21-4-11-25(12-5-21)41-17-16-38-14-2-1-3-15-38/h6,13,19-21,23-25,40H,1-5,7-12,14-18H2,(H,35,36). The van der Waals surface area contributed by atoms with Gasteiger partial charge >= 0.3 is 0 Å². The second kappa shape index (κ2) is 13.1. The fourth-order valence-electron chi connectivity index (χ4n) is 6.78. The van der Waals surface area contributed by atoms with Gasteiger partial charge in [-0.3, -0.25) is 4.57 Å². The summed E-state index contributed by atoms with van der Waals surface area (Å²) in [5.41, 5.74) is 1.51. The van der Waals surface area contributed by atoms with Gasteiger partial charge in [0.2, 0.25) is 5.95 Å².